The molecule has 0 amide bonds. The van der Waals surface area contributed by atoms with E-state index in [1.54, 1.807) is 17.0 Å². The van der Waals surface area contributed by atoms with E-state index in [1.807, 2.05) is 7.05 Å². The number of alkyl halides is 3. The zero-order valence-corrected chi connectivity index (χ0v) is 12.5. The van der Waals surface area contributed by atoms with Gasteiger partial charge in [0, 0.05) is 43.2 Å². The molecule has 10 heteroatoms. The molecule has 126 valence electrons. The number of halogens is 3. The predicted molar refractivity (Wildman–Crippen MR) is 76.0 cm³/mol. The summed E-state index contributed by atoms with van der Waals surface area (Å²) in [5, 5.41) is 3.34. The van der Waals surface area contributed by atoms with Crippen molar-refractivity contribution < 1.29 is 17.7 Å². The van der Waals surface area contributed by atoms with Gasteiger partial charge in [0.2, 0.25) is 5.82 Å². The summed E-state index contributed by atoms with van der Waals surface area (Å²) in [7, 11) is 1.81. The summed E-state index contributed by atoms with van der Waals surface area (Å²) in [6.07, 6.45) is 0.686. The van der Waals surface area contributed by atoms with Crippen LogP contribution in [-0.4, -0.2) is 24.7 Å². The van der Waals surface area contributed by atoms with Gasteiger partial charge in [0.05, 0.1) is 0 Å². The van der Waals surface area contributed by atoms with E-state index < -0.39 is 17.6 Å². The highest BCUT2D eigenvalue weighted by Crippen LogP contribution is 2.29. The van der Waals surface area contributed by atoms with Crippen molar-refractivity contribution in [3.63, 3.8) is 0 Å². The van der Waals surface area contributed by atoms with Gasteiger partial charge in [0.15, 0.2) is 0 Å². The molecule has 3 rings (SSSR count). The Morgan fingerprint density at radius 2 is 2.12 bits per heavy atom. The highest BCUT2D eigenvalue weighted by Gasteiger charge is 2.38. The Hall–Kier alpha value is -2.91. The first-order valence-corrected chi connectivity index (χ1v) is 6.94. The van der Waals surface area contributed by atoms with Crippen LogP contribution in [-0.2, 0) is 26.1 Å². The molecule has 0 saturated heterocycles. The molecule has 0 aliphatic rings. The van der Waals surface area contributed by atoms with Gasteiger partial charge >= 0.3 is 12.1 Å². The molecule has 0 radical (unpaired) electrons. The molecule has 3 aromatic rings. The Kier molecular flexibility index (Phi) is 3.96. The predicted octanol–water partition coefficient (Wildman–Crippen LogP) is 1.96. The van der Waals surface area contributed by atoms with Crippen LogP contribution in [0.25, 0.3) is 11.4 Å². The number of rotatable bonds is 4. The molecular formula is C14H12F3N5O2. The van der Waals surface area contributed by atoms with E-state index in [0.29, 0.717) is 6.42 Å². The molecule has 1 N–H and O–H groups in total. The van der Waals surface area contributed by atoms with Crippen LogP contribution in [0.5, 0.6) is 0 Å². The molecule has 0 saturated carbocycles. The van der Waals surface area contributed by atoms with Crippen LogP contribution < -0.4 is 5.56 Å². The van der Waals surface area contributed by atoms with E-state index in [1.165, 1.54) is 12.3 Å². The van der Waals surface area contributed by atoms with Crippen molar-refractivity contribution in [2.75, 3.05) is 0 Å². The molecule has 7 nitrogen and oxygen atoms in total. The average Bonchev–Trinajstić information content (AvgIpc) is 3.14. The number of aromatic amines is 1. The SMILES string of the molecule is Cn1ccnc1CCc1c(-c2noc(C(F)(F)F)n2)cc[nH]c1=O. The van der Waals surface area contributed by atoms with Gasteiger partial charge in [-0.15, -0.1) is 0 Å². The molecule has 0 bridgehead atoms. The van der Waals surface area contributed by atoms with Crippen molar-refractivity contribution in [3.05, 3.63) is 52.3 Å². The summed E-state index contributed by atoms with van der Waals surface area (Å²) in [5.74, 6) is -0.982. The lowest BCUT2D eigenvalue weighted by Gasteiger charge is -2.05. The quantitative estimate of drug-likeness (QED) is 0.785. The maximum absolute atomic E-state index is 12.6. The van der Waals surface area contributed by atoms with Crippen molar-refractivity contribution in [2.24, 2.45) is 7.05 Å². The first kappa shape index (κ1) is 16.0. The Labute approximate surface area is 133 Å². The Morgan fingerprint density at radius 1 is 1.33 bits per heavy atom. The second-order valence-electron chi connectivity index (χ2n) is 5.07. The third-order valence-electron chi connectivity index (χ3n) is 3.49. The molecule has 0 aliphatic heterocycles. The number of pyridine rings is 1. The summed E-state index contributed by atoms with van der Waals surface area (Å²) in [6.45, 7) is 0. The maximum atomic E-state index is 12.6. The van der Waals surface area contributed by atoms with Gasteiger partial charge in [-0.25, -0.2) is 4.98 Å². The average molecular weight is 339 g/mol. The first-order valence-electron chi connectivity index (χ1n) is 6.94. The Morgan fingerprint density at radius 3 is 2.75 bits per heavy atom. The number of nitrogens with zero attached hydrogens (tertiary/aromatic N) is 4. The van der Waals surface area contributed by atoms with Gasteiger partial charge in [-0.1, -0.05) is 5.16 Å². The molecule has 0 aliphatic carbocycles. The van der Waals surface area contributed by atoms with E-state index in [0.717, 1.165) is 5.82 Å². The third-order valence-corrected chi connectivity index (χ3v) is 3.49. The largest absolute Gasteiger partial charge is 0.471 e. The van der Waals surface area contributed by atoms with Crippen LogP contribution in [0.1, 0.15) is 17.3 Å². The third kappa shape index (κ3) is 3.07. The molecule has 0 atom stereocenters. The zero-order chi connectivity index (χ0) is 17.3. The highest BCUT2D eigenvalue weighted by atomic mass is 19.4. The summed E-state index contributed by atoms with van der Waals surface area (Å²) in [4.78, 5) is 22.1. The van der Waals surface area contributed by atoms with Gasteiger partial charge in [-0.05, 0) is 12.5 Å². The number of H-pyrrole nitrogens is 1. The fourth-order valence-electron chi connectivity index (χ4n) is 2.29. The van der Waals surface area contributed by atoms with Crippen LogP contribution in [0.4, 0.5) is 13.2 Å². The Balaban J connectivity index is 1.94. The van der Waals surface area contributed by atoms with Crippen LogP contribution in [0, 0.1) is 0 Å². The second-order valence-corrected chi connectivity index (χ2v) is 5.07. The highest BCUT2D eigenvalue weighted by molar-refractivity contribution is 5.58. The molecule has 0 aromatic carbocycles. The maximum Gasteiger partial charge on any atom is 0.471 e. The number of aromatic nitrogens is 5. The van der Waals surface area contributed by atoms with Gasteiger partial charge in [0.1, 0.15) is 5.82 Å². The number of aryl methyl sites for hydroxylation is 2. The summed E-state index contributed by atoms with van der Waals surface area (Å²) in [6, 6.07) is 1.44. The number of hydrogen-bond donors (Lipinski definition) is 1. The molecule has 0 unspecified atom stereocenters. The van der Waals surface area contributed by atoms with Crippen LogP contribution >= 0.6 is 0 Å². The van der Waals surface area contributed by atoms with Crippen molar-refractivity contribution in [2.45, 2.75) is 19.0 Å². The standard InChI is InChI=1S/C14H12F3N5O2/c1-22-7-6-18-10(22)3-2-9-8(4-5-19-12(9)23)11-20-13(24-21-11)14(15,16)17/h4-7H,2-3H2,1H3,(H,19,23). The van der Waals surface area contributed by atoms with E-state index in [-0.39, 0.29) is 23.4 Å². The van der Waals surface area contributed by atoms with Crippen LogP contribution in [0.2, 0.25) is 0 Å². The van der Waals surface area contributed by atoms with E-state index >= 15 is 0 Å². The molecule has 3 heterocycles. The van der Waals surface area contributed by atoms with Crippen molar-refractivity contribution >= 4 is 0 Å². The molecule has 3 aromatic heterocycles. The molecule has 0 fully saturated rings. The summed E-state index contributed by atoms with van der Waals surface area (Å²) >= 11 is 0. The Bertz CT molecular complexity index is 910. The van der Waals surface area contributed by atoms with E-state index in [2.05, 4.69) is 24.6 Å². The fraction of sp³-hybridized carbons (Fsp3) is 0.286. The van der Waals surface area contributed by atoms with E-state index in [9.17, 15) is 18.0 Å². The van der Waals surface area contributed by atoms with Crippen molar-refractivity contribution in [1.82, 2.24) is 24.7 Å². The van der Waals surface area contributed by atoms with Gasteiger partial charge in [-0.2, -0.15) is 18.2 Å². The van der Waals surface area contributed by atoms with Gasteiger partial charge < -0.3 is 14.1 Å². The smallest absolute Gasteiger partial charge is 0.338 e. The van der Waals surface area contributed by atoms with Crippen molar-refractivity contribution in [3.8, 4) is 11.4 Å². The lowest BCUT2D eigenvalue weighted by molar-refractivity contribution is -0.159. The number of imidazole rings is 1. The van der Waals surface area contributed by atoms with Crippen LogP contribution in [0.3, 0.4) is 0 Å². The summed E-state index contributed by atoms with van der Waals surface area (Å²) < 4.78 is 43.8. The first-order chi connectivity index (χ1) is 11.4. The molecule has 0 spiro atoms. The monoisotopic (exact) mass is 339 g/mol. The normalized spacial score (nSPS) is 11.8. The lowest BCUT2D eigenvalue weighted by atomic mass is 10.0. The lowest BCUT2D eigenvalue weighted by Crippen LogP contribution is -2.15. The van der Waals surface area contributed by atoms with Gasteiger partial charge in [-0.3, -0.25) is 4.79 Å². The molecule has 24 heavy (non-hydrogen) atoms. The van der Waals surface area contributed by atoms with Crippen molar-refractivity contribution in [1.29, 1.82) is 0 Å². The number of hydrogen-bond acceptors (Lipinski definition) is 5. The molecular weight excluding hydrogens is 327 g/mol. The minimum atomic E-state index is -4.74. The second kappa shape index (κ2) is 5.95. The zero-order valence-electron chi connectivity index (χ0n) is 12.5. The summed E-state index contributed by atoms with van der Waals surface area (Å²) in [5.41, 5.74) is 0.0577. The number of nitrogens with one attached hydrogen (secondary N) is 1. The van der Waals surface area contributed by atoms with E-state index in [4.69, 9.17) is 0 Å². The fourth-order valence-corrected chi connectivity index (χ4v) is 2.29. The minimum Gasteiger partial charge on any atom is -0.338 e. The van der Waals surface area contributed by atoms with Gasteiger partial charge in [0.25, 0.3) is 5.56 Å². The van der Waals surface area contributed by atoms with Crippen LogP contribution in [0.15, 0.2) is 34.0 Å². The minimum absolute atomic E-state index is 0.201. The topological polar surface area (TPSA) is 89.6 Å².